The van der Waals surface area contributed by atoms with Crippen molar-refractivity contribution in [2.75, 3.05) is 20.2 Å². The van der Waals surface area contributed by atoms with E-state index in [0.29, 0.717) is 12.8 Å². The van der Waals surface area contributed by atoms with Crippen molar-refractivity contribution in [2.45, 2.75) is 56.3 Å². The molecule has 0 unspecified atom stereocenters. The molecular formula is C27H35ClF3N7O5S. The highest BCUT2D eigenvalue weighted by atomic mass is 35.5. The molecule has 2 aromatic rings. The van der Waals surface area contributed by atoms with Gasteiger partial charge in [-0.2, -0.15) is 13.2 Å². The van der Waals surface area contributed by atoms with E-state index in [1.54, 1.807) is 20.8 Å². The number of nitrogens with zero attached hydrogens (tertiary/aromatic N) is 2. The molecule has 0 atom stereocenters. The normalized spacial score (nSPS) is 15.1. The number of aliphatic imine (C=N–C) groups is 1. The van der Waals surface area contributed by atoms with E-state index in [9.17, 15) is 26.4 Å². The lowest BCUT2D eigenvalue weighted by Crippen LogP contribution is -2.47. The standard InChI is InChI=1S/C27H35ClF3N7O5S/c1-15(32)35-36-24(33)34-18-13-19(27(29,30)31)23(20(28)14-18)16-6-7-21(42-5)22(12-16)44(40,41)37-17-8-10-38(11-9-17)25(39)43-26(2,3)4/h6-7,12-14,17,35,37H,1,8-11,32H2,2-5H3,(H3,33,34,36). The number of nitrogens with one attached hydrogen (secondary N) is 3. The third kappa shape index (κ3) is 9.06. The van der Waals surface area contributed by atoms with Crippen LogP contribution in [0.1, 0.15) is 39.2 Å². The van der Waals surface area contributed by atoms with Gasteiger partial charge in [0.1, 0.15) is 22.1 Å². The van der Waals surface area contributed by atoms with Crippen molar-refractivity contribution in [1.29, 1.82) is 0 Å². The number of guanidine groups is 1. The van der Waals surface area contributed by atoms with Crippen LogP contribution in [0, 0.1) is 0 Å². The number of likely N-dealkylation sites (tertiary alicyclic amines) is 1. The summed E-state index contributed by atoms with van der Waals surface area (Å²) in [6, 6.07) is 4.88. The number of hydrogen-bond acceptors (Lipinski definition) is 8. The van der Waals surface area contributed by atoms with Crippen LogP contribution in [-0.2, 0) is 20.9 Å². The molecule has 1 aliphatic rings. The van der Waals surface area contributed by atoms with Gasteiger partial charge in [0.2, 0.25) is 16.0 Å². The largest absolute Gasteiger partial charge is 0.495 e. The van der Waals surface area contributed by atoms with Crippen LogP contribution in [0.25, 0.3) is 11.1 Å². The molecule has 1 amide bonds. The van der Waals surface area contributed by atoms with Crippen LogP contribution in [0.15, 0.2) is 52.6 Å². The van der Waals surface area contributed by atoms with Gasteiger partial charge in [0.05, 0.1) is 23.4 Å². The van der Waals surface area contributed by atoms with E-state index < -0.39 is 45.1 Å². The summed E-state index contributed by atoms with van der Waals surface area (Å²) >= 11 is 6.34. The number of methoxy groups -OCH3 is 1. The maximum atomic E-state index is 14.3. The topological polar surface area (TPSA) is 173 Å². The predicted molar refractivity (Wildman–Crippen MR) is 160 cm³/mol. The number of carbonyl (C=O) groups excluding carboxylic acids is 1. The van der Waals surface area contributed by atoms with Crippen LogP contribution < -0.4 is 31.8 Å². The summed E-state index contributed by atoms with van der Waals surface area (Å²) in [6.45, 7) is 9.10. The maximum Gasteiger partial charge on any atom is 0.417 e. The molecule has 1 fully saturated rings. The molecule has 17 heteroatoms. The molecule has 3 rings (SSSR count). The van der Waals surface area contributed by atoms with Crippen molar-refractivity contribution in [3.63, 3.8) is 0 Å². The fourth-order valence-electron chi connectivity index (χ4n) is 4.32. The van der Waals surface area contributed by atoms with E-state index in [0.717, 1.165) is 18.2 Å². The summed E-state index contributed by atoms with van der Waals surface area (Å²) in [5, 5.41) is -0.362. The fourth-order valence-corrected chi connectivity index (χ4v) is 6.14. The Morgan fingerprint density at radius 1 is 1.11 bits per heavy atom. The Bertz CT molecular complexity index is 1540. The predicted octanol–water partition coefficient (Wildman–Crippen LogP) is 4.18. The molecule has 0 aliphatic carbocycles. The molecule has 242 valence electrons. The molecule has 44 heavy (non-hydrogen) atoms. The third-order valence-corrected chi connectivity index (χ3v) is 8.03. The smallest absolute Gasteiger partial charge is 0.417 e. The van der Waals surface area contributed by atoms with Crippen LogP contribution in [0.4, 0.5) is 23.7 Å². The number of amides is 1. The van der Waals surface area contributed by atoms with E-state index in [1.165, 1.54) is 24.1 Å². The number of ether oxygens (including phenoxy) is 2. The second-order valence-corrected chi connectivity index (χ2v) is 12.9. The van der Waals surface area contributed by atoms with Gasteiger partial charge in [-0.1, -0.05) is 24.2 Å². The molecule has 2 aromatic carbocycles. The van der Waals surface area contributed by atoms with Crippen LogP contribution in [0.3, 0.4) is 0 Å². The first-order chi connectivity index (χ1) is 20.3. The number of piperidine rings is 1. The monoisotopic (exact) mass is 661 g/mol. The van der Waals surface area contributed by atoms with Gasteiger partial charge in [0, 0.05) is 24.7 Å². The van der Waals surface area contributed by atoms with Crippen molar-refractivity contribution in [2.24, 2.45) is 16.5 Å². The average molecular weight is 662 g/mol. The molecule has 12 nitrogen and oxygen atoms in total. The molecule has 1 aliphatic heterocycles. The molecule has 0 radical (unpaired) electrons. The van der Waals surface area contributed by atoms with E-state index >= 15 is 0 Å². The molecular weight excluding hydrogens is 627 g/mol. The number of nitrogens with two attached hydrogens (primary N) is 2. The summed E-state index contributed by atoms with van der Waals surface area (Å²) in [6.07, 6.45) is -4.83. The SMILES string of the molecule is C=C(N)NNC(N)=Nc1cc(Cl)c(-c2ccc(OC)c(S(=O)(=O)NC3CCN(C(=O)OC(C)(C)C)CC3)c2)c(C(F)(F)F)c1. The van der Waals surface area contributed by atoms with Gasteiger partial charge in [-0.3, -0.25) is 10.9 Å². The first-order valence-corrected chi connectivity index (χ1v) is 15.1. The minimum absolute atomic E-state index is 0.0153. The van der Waals surface area contributed by atoms with Crippen LogP contribution in [0.2, 0.25) is 5.02 Å². The zero-order valence-electron chi connectivity index (χ0n) is 24.5. The van der Waals surface area contributed by atoms with Crippen LogP contribution >= 0.6 is 11.6 Å². The van der Waals surface area contributed by atoms with E-state index in [1.807, 2.05) is 0 Å². The molecule has 0 aromatic heterocycles. The van der Waals surface area contributed by atoms with Crippen LogP contribution in [0.5, 0.6) is 5.75 Å². The summed E-state index contributed by atoms with van der Waals surface area (Å²) in [5.74, 6) is -0.431. The molecule has 0 saturated carbocycles. The summed E-state index contributed by atoms with van der Waals surface area (Å²) < 4.78 is 83.0. The van der Waals surface area contributed by atoms with Crippen molar-refractivity contribution in [3.8, 4) is 16.9 Å². The summed E-state index contributed by atoms with van der Waals surface area (Å²) in [5.41, 5.74) is 13.1. The number of hydrogen-bond donors (Lipinski definition) is 5. The molecule has 7 N–H and O–H groups in total. The van der Waals surface area contributed by atoms with Gasteiger partial charge < -0.3 is 25.8 Å². The first-order valence-electron chi connectivity index (χ1n) is 13.2. The van der Waals surface area contributed by atoms with E-state index in [-0.39, 0.29) is 51.8 Å². The van der Waals surface area contributed by atoms with Gasteiger partial charge in [0.15, 0.2) is 0 Å². The van der Waals surface area contributed by atoms with Gasteiger partial charge in [-0.15, -0.1) is 0 Å². The maximum absolute atomic E-state index is 14.3. The zero-order chi connectivity index (χ0) is 33.0. The minimum Gasteiger partial charge on any atom is -0.495 e. The highest BCUT2D eigenvalue weighted by molar-refractivity contribution is 7.89. The van der Waals surface area contributed by atoms with Crippen molar-refractivity contribution in [1.82, 2.24) is 20.5 Å². The Balaban J connectivity index is 1.94. The quantitative estimate of drug-likeness (QED) is 0.158. The van der Waals surface area contributed by atoms with Gasteiger partial charge in [-0.25, -0.2) is 22.9 Å². The Kier molecular flexibility index (Phi) is 10.5. The fraction of sp³-hybridized carbons (Fsp3) is 0.407. The molecule has 1 heterocycles. The van der Waals surface area contributed by atoms with Crippen molar-refractivity contribution >= 4 is 39.4 Å². The van der Waals surface area contributed by atoms with Crippen molar-refractivity contribution < 1.29 is 35.9 Å². The number of halogens is 4. The molecule has 0 spiro atoms. The lowest BCUT2D eigenvalue weighted by Gasteiger charge is -2.33. The number of alkyl halides is 3. The van der Waals surface area contributed by atoms with E-state index in [2.05, 4.69) is 27.1 Å². The minimum atomic E-state index is -4.91. The third-order valence-electron chi connectivity index (χ3n) is 6.19. The van der Waals surface area contributed by atoms with Gasteiger partial charge in [-0.05, 0) is 63.4 Å². The van der Waals surface area contributed by atoms with E-state index in [4.69, 9.17) is 32.5 Å². The lowest BCUT2D eigenvalue weighted by atomic mass is 9.98. The number of carbonyl (C=O) groups is 1. The Labute approximate surface area is 258 Å². The summed E-state index contributed by atoms with van der Waals surface area (Å²) in [7, 11) is -3.07. The molecule has 0 bridgehead atoms. The second kappa shape index (κ2) is 13.4. The average Bonchev–Trinajstić information content (AvgIpc) is 2.90. The highest BCUT2D eigenvalue weighted by Gasteiger charge is 2.36. The molecule has 1 saturated heterocycles. The Hall–Kier alpha value is -3.89. The van der Waals surface area contributed by atoms with Gasteiger partial charge in [0.25, 0.3) is 0 Å². The number of sulfonamides is 1. The zero-order valence-corrected chi connectivity index (χ0v) is 26.1. The summed E-state index contributed by atoms with van der Waals surface area (Å²) in [4.78, 5) is 17.3. The first kappa shape index (κ1) is 34.6. The van der Waals surface area contributed by atoms with Crippen LogP contribution in [-0.4, -0.2) is 57.2 Å². The second-order valence-electron chi connectivity index (χ2n) is 10.8. The van der Waals surface area contributed by atoms with Crippen molar-refractivity contribution in [3.05, 3.63) is 53.3 Å². The number of benzene rings is 2. The number of rotatable bonds is 8. The lowest BCUT2D eigenvalue weighted by molar-refractivity contribution is -0.137. The Morgan fingerprint density at radius 3 is 2.30 bits per heavy atom. The number of hydrazine groups is 1. The Morgan fingerprint density at radius 2 is 1.75 bits per heavy atom. The highest BCUT2D eigenvalue weighted by Crippen LogP contribution is 2.44. The van der Waals surface area contributed by atoms with Gasteiger partial charge >= 0.3 is 12.3 Å².